The number of hydrogen-bond acceptors (Lipinski definition) is 3. The Morgan fingerprint density at radius 1 is 1.20 bits per heavy atom. The fourth-order valence-electron chi connectivity index (χ4n) is 2.23. The van der Waals surface area contributed by atoms with Crippen molar-refractivity contribution in [1.82, 2.24) is 15.1 Å². The van der Waals surface area contributed by atoms with Crippen LogP contribution >= 0.6 is 0 Å². The molecule has 1 aromatic carbocycles. The Morgan fingerprint density at radius 2 is 1.96 bits per heavy atom. The molecule has 1 N–H and O–H groups in total. The van der Waals surface area contributed by atoms with Crippen molar-refractivity contribution in [2.24, 2.45) is 0 Å². The molecule has 0 radical (unpaired) electrons. The SMILES string of the molecule is CNCc1cc(OCc2cc(F)ccc2F)n(CCCC(F)(F)F)n1. The topological polar surface area (TPSA) is 39.1 Å². The molecule has 0 spiro atoms. The number of halogens is 5. The Labute approximate surface area is 141 Å². The number of benzene rings is 1. The molecule has 2 rings (SSSR count). The summed E-state index contributed by atoms with van der Waals surface area (Å²) in [6, 6.07) is 4.54. The lowest BCUT2D eigenvalue weighted by Crippen LogP contribution is -2.12. The predicted octanol–water partition coefficient (Wildman–Crippen LogP) is 3.80. The highest BCUT2D eigenvalue weighted by atomic mass is 19.4. The van der Waals surface area contributed by atoms with E-state index in [2.05, 4.69) is 10.4 Å². The molecule has 9 heteroatoms. The number of aryl methyl sites for hydroxylation is 1. The molecule has 0 aliphatic carbocycles. The van der Waals surface area contributed by atoms with Gasteiger partial charge >= 0.3 is 6.18 Å². The van der Waals surface area contributed by atoms with Crippen molar-refractivity contribution in [2.45, 2.75) is 38.7 Å². The summed E-state index contributed by atoms with van der Waals surface area (Å²) in [7, 11) is 1.70. The Kier molecular flexibility index (Phi) is 6.35. The van der Waals surface area contributed by atoms with Crippen molar-refractivity contribution >= 4 is 0 Å². The van der Waals surface area contributed by atoms with Crippen LogP contribution in [-0.4, -0.2) is 23.0 Å². The largest absolute Gasteiger partial charge is 0.473 e. The number of ether oxygens (including phenoxy) is 1. The van der Waals surface area contributed by atoms with Gasteiger partial charge in [0.05, 0.1) is 5.69 Å². The third kappa shape index (κ3) is 6.00. The van der Waals surface area contributed by atoms with Crippen molar-refractivity contribution in [3.8, 4) is 5.88 Å². The van der Waals surface area contributed by atoms with Gasteiger partial charge in [-0.3, -0.25) is 0 Å². The van der Waals surface area contributed by atoms with Gasteiger partial charge in [0.25, 0.3) is 0 Å². The number of aromatic nitrogens is 2. The van der Waals surface area contributed by atoms with E-state index in [0.717, 1.165) is 18.2 Å². The zero-order valence-electron chi connectivity index (χ0n) is 13.5. The lowest BCUT2D eigenvalue weighted by atomic mass is 10.2. The first kappa shape index (κ1) is 19.2. The van der Waals surface area contributed by atoms with E-state index in [1.165, 1.54) is 4.68 Å². The van der Waals surface area contributed by atoms with E-state index in [1.54, 1.807) is 13.1 Å². The third-order valence-electron chi connectivity index (χ3n) is 3.37. The molecule has 0 saturated carbocycles. The quantitative estimate of drug-likeness (QED) is 0.725. The summed E-state index contributed by atoms with van der Waals surface area (Å²) in [6.07, 6.45) is -5.34. The molecule has 0 aliphatic heterocycles. The number of hydrogen-bond donors (Lipinski definition) is 1. The van der Waals surface area contributed by atoms with E-state index in [9.17, 15) is 22.0 Å². The lowest BCUT2D eigenvalue weighted by Gasteiger charge is -2.11. The van der Waals surface area contributed by atoms with Crippen LogP contribution in [0.3, 0.4) is 0 Å². The van der Waals surface area contributed by atoms with E-state index < -0.39 is 24.2 Å². The molecule has 1 aromatic heterocycles. The minimum atomic E-state index is -4.24. The molecule has 1 heterocycles. The number of nitrogens with one attached hydrogen (secondary N) is 1. The molecule has 0 bridgehead atoms. The second-order valence-electron chi connectivity index (χ2n) is 5.47. The molecule has 0 amide bonds. The lowest BCUT2D eigenvalue weighted by molar-refractivity contribution is -0.136. The number of alkyl halides is 3. The molecule has 138 valence electrons. The number of rotatable bonds is 8. The summed E-state index contributed by atoms with van der Waals surface area (Å²) in [5.74, 6) is -1.02. The van der Waals surface area contributed by atoms with Gasteiger partial charge in [-0.15, -0.1) is 0 Å². The highest BCUT2D eigenvalue weighted by Crippen LogP contribution is 2.23. The zero-order valence-corrected chi connectivity index (χ0v) is 13.5. The van der Waals surface area contributed by atoms with Gasteiger partial charge in [-0.05, 0) is 31.7 Å². The highest BCUT2D eigenvalue weighted by molar-refractivity contribution is 5.20. The van der Waals surface area contributed by atoms with Crippen LogP contribution < -0.4 is 10.1 Å². The first-order valence-electron chi connectivity index (χ1n) is 7.63. The second kappa shape index (κ2) is 8.28. The summed E-state index contributed by atoms with van der Waals surface area (Å²) in [5.41, 5.74) is 0.586. The molecule has 0 saturated heterocycles. The van der Waals surface area contributed by atoms with E-state index in [-0.39, 0.29) is 31.0 Å². The van der Waals surface area contributed by atoms with Crippen LogP contribution in [0.15, 0.2) is 24.3 Å². The molecule has 2 aromatic rings. The second-order valence-corrected chi connectivity index (χ2v) is 5.47. The van der Waals surface area contributed by atoms with Crippen LogP contribution in [0.5, 0.6) is 5.88 Å². The zero-order chi connectivity index (χ0) is 18.4. The maximum atomic E-state index is 13.6. The van der Waals surface area contributed by atoms with Crippen molar-refractivity contribution in [1.29, 1.82) is 0 Å². The van der Waals surface area contributed by atoms with Gasteiger partial charge in [-0.2, -0.15) is 18.3 Å². The molecular weight excluding hydrogens is 345 g/mol. The summed E-state index contributed by atoms with van der Waals surface area (Å²) >= 11 is 0. The van der Waals surface area contributed by atoms with Gasteiger partial charge in [0, 0.05) is 31.1 Å². The summed E-state index contributed by atoms with van der Waals surface area (Å²) in [6.45, 7) is 0.148. The molecule has 0 unspecified atom stereocenters. The Hall–Kier alpha value is -2.16. The normalized spacial score (nSPS) is 11.8. The van der Waals surface area contributed by atoms with Gasteiger partial charge in [-0.1, -0.05) is 0 Å². The fraction of sp³-hybridized carbons (Fsp3) is 0.438. The minimum absolute atomic E-state index is 0.00416. The Morgan fingerprint density at radius 3 is 2.64 bits per heavy atom. The molecule has 25 heavy (non-hydrogen) atoms. The predicted molar refractivity (Wildman–Crippen MR) is 81.0 cm³/mol. The maximum absolute atomic E-state index is 13.6. The molecule has 4 nitrogen and oxygen atoms in total. The smallest absolute Gasteiger partial charge is 0.389 e. The first-order valence-corrected chi connectivity index (χ1v) is 7.63. The van der Waals surface area contributed by atoms with E-state index in [4.69, 9.17) is 4.74 Å². The summed E-state index contributed by atoms with van der Waals surface area (Å²) in [4.78, 5) is 0. The molecular formula is C16H18F5N3O. The number of nitrogens with zero attached hydrogens (tertiary/aromatic N) is 2. The first-order chi connectivity index (χ1) is 11.8. The van der Waals surface area contributed by atoms with Gasteiger partial charge in [-0.25, -0.2) is 13.5 Å². The van der Waals surface area contributed by atoms with Gasteiger partial charge < -0.3 is 10.1 Å². The Bertz CT molecular complexity index is 700. The van der Waals surface area contributed by atoms with E-state index in [1.807, 2.05) is 0 Å². The van der Waals surface area contributed by atoms with Crippen LogP contribution in [0.1, 0.15) is 24.1 Å². The van der Waals surface area contributed by atoms with Crippen LogP contribution in [0.25, 0.3) is 0 Å². The van der Waals surface area contributed by atoms with Gasteiger partial charge in [0.2, 0.25) is 5.88 Å². The molecule has 0 aliphatic rings. The van der Waals surface area contributed by atoms with Crippen LogP contribution in [0, 0.1) is 11.6 Å². The average molecular weight is 363 g/mol. The van der Waals surface area contributed by atoms with Crippen LogP contribution in [-0.2, 0) is 19.7 Å². The average Bonchev–Trinajstić information content (AvgIpc) is 2.89. The standard InChI is InChI=1S/C16H18F5N3O/c1-22-9-13-8-15(24(23-13)6-2-5-16(19,20)21)25-10-11-7-12(17)3-4-14(11)18/h3-4,7-8,22H,2,5-6,9-10H2,1H3. The van der Waals surface area contributed by atoms with Gasteiger partial charge in [0.1, 0.15) is 18.2 Å². The van der Waals surface area contributed by atoms with Crippen molar-refractivity contribution < 1.29 is 26.7 Å². The van der Waals surface area contributed by atoms with Crippen molar-refractivity contribution in [2.75, 3.05) is 7.05 Å². The van der Waals surface area contributed by atoms with E-state index in [0.29, 0.717) is 12.2 Å². The van der Waals surface area contributed by atoms with Crippen molar-refractivity contribution in [3.05, 3.63) is 47.2 Å². The van der Waals surface area contributed by atoms with Gasteiger partial charge in [0.15, 0.2) is 0 Å². The maximum Gasteiger partial charge on any atom is 0.389 e. The fourth-order valence-corrected chi connectivity index (χ4v) is 2.23. The molecule has 0 atom stereocenters. The van der Waals surface area contributed by atoms with E-state index >= 15 is 0 Å². The minimum Gasteiger partial charge on any atom is -0.473 e. The third-order valence-corrected chi connectivity index (χ3v) is 3.37. The monoisotopic (exact) mass is 363 g/mol. The summed E-state index contributed by atoms with van der Waals surface area (Å²) < 4.78 is 70.4. The van der Waals surface area contributed by atoms with Crippen molar-refractivity contribution in [3.63, 3.8) is 0 Å². The highest BCUT2D eigenvalue weighted by Gasteiger charge is 2.26. The van der Waals surface area contributed by atoms with Crippen LogP contribution in [0.4, 0.5) is 22.0 Å². The van der Waals surface area contributed by atoms with Crippen LogP contribution in [0.2, 0.25) is 0 Å². The molecule has 0 fully saturated rings. The Balaban J connectivity index is 2.07. The summed E-state index contributed by atoms with van der Waals surface area (Å²) in [5, 5.41) is 7.04.